The van der Waals surface area contributed by atoms with Gasteiger partial charge in [-0.15, -0.1) is 0 Å². The number of hydrogen-bond donors (Lipinski definition) is 0. The number of rotatable bonds is 1. The molecule has 0 spiro atoms. The van der Waals surface area contributed by atoms with Crippen LogP contribution in [0.3, 0.4) is 0 Å². The van der Waals surface area contributed by atoms with Gasteiger partial charge in [-0.25, -0.2) is 6.57 Å². The van der Waals surface area contributed by atoms with Crippen molar-refractivity contribution in [3.63, 3.8) is 0 Å². The fourth-order valence-electron chi connectivity index (χ4n) is 0.535. The molecule has 47 valence electrons. The summed E-state index contributed by atoms with van der Waals surface area (Å²) in [7, 11) is 0. The van der Waals surface area contributed by atoms with Crippen molar-refractivity contribution in [3.8, 4) is 0 Å². The molecule has 0 amide bonds. The van der Waals surface area contributed by atoms with Crippen LogP contribution in [0.15, 0.2) is 18.3 Å². The van der Waals surface area contributed by atoms with Gasteiger partial charge in [-0.05, 0) is 0 Å². The van der Waals surface area contributed by atoms with Gasteiger partial charge in [0.15, 0.2) is 0 Å². The Hall–Kier alpha value is -0.256. The van der Waals surface area contributed by atoms with Gasteiger partial charge in [-0.3, -0.25) is 0 Å². The molecule has 0 N–H and O–H groups in total. The molecule has 3 heteroatoms. The van der Waals surface area contributed by atoms with Crippen LogP contribution in [0.4, 0.5) is 0 Å². The van der Waals surface area contributed by atoms with Gasteiger partial charge in [0.2, 0.25) is 6.54 Å². The van der Waals surface area contributed by atoms with E-state index in [-0.39, 0.29) is 32.7 Å². The van der Waals surface area contributed by atoms with Crippen LogP contribution in [0.5, 0.6) is 0 Å². The summed E-state index contributed by atoms with van der Waals surface area (Å²) in [5.41, 5.74) is 0.948. The van der Waals surface area contributed by atoms with Crippen LogP contribution >= 0.6 is 0 Å². The van der Waals surface area contributed by atoms with Crippen LogP contribution in [0, 0.1) is 12.8 Å². The molecule has 0 aromatic carbocycles. The number of nitrogens with zero attached hydrogens (tertiary/aromatic N) is 2. The molecule has 1 heterocycles. The molecule has 0 saturated carbocycles. The summed E-state index contributed by atoms with van der Waals surface area (Å²) in [5, 5.41) is 0. The van der Waals surface area contributed by atoms with Gasteiger partial charge in [-0.2, -0.15) is 12.1 Å². The fourth-order valence-corrected chi connectivity index (χ4v) is 0.535. The van der Waals surface area contributed by atoms with Gasteiger partial charge in [0, 0.05) is 32.7 Å². The van der Waals surface area contributed by atoms with E-state index in [4.69, 9.17) is 6.57 Å². The summed E-state index contributed by atoms with van der Waals surface area (Å²) < 4.78 is 0. The molecule has 10 heavy (non-hydrogen) atoms. The Kier molecular flexibility index (Phi) is 5.38. The predicted molar refractivity (Wildman–Crippen MR) is 33.4 cm³/mol. The molecule has 0 atom stereocenters. The van der Waals surface area contributed by atoms with E-state index < -0.39 is 0 Å². The molecule has 2 nitrogen and oxygen atoms in total. The largest absolute Gasteiger partial charge is 0.394 e. The van der Waals surface area contributed by atoms with Crippen molar-refractivity contribution in [3.05, 3.63) is 41.5 Å². The molecule has 1 rings (SSSR count). The third-order valence-corrected chi connectivity index (χ3v) is 0.938. The maximum absolute atomic E-state index is 6.53. The molecule has 1 aromatic heterocycles. The molecule has 0 unspecified atom stereocenters. The van der Waals surface area contributed by atoms with E-state index in [2.05, 4.69) is 16.0 Å². The summed E-state index contributed by atoms with van der Waals surface area (Å²) in [6.07, 6.45) is 4.29. The van der Waals surface area contributed by atoms with E-state index in [0.29, 0.717) is 6.54 Å². The number of hydrogen-bond acceptors (Lipinski definition) is 1. The SMILES string of the molecule is [C-]#[N+]Cc1cc[c-]nc1.[Y]. The van der Waals surface area contributed by atoms with Gasteiger partial charge in [0.05, 0.1) is 0 Å². The zero-order chi connectivity index (χ0) is 6.53. The average molecular weight is 206 g/mol. The van der Waals surface area contributed by atoms with E-state index in [9.17, 15) is 0 Å². The molecule has 0 bridgehead atoms. The van der Waals surface area contributed by atoms with Crippen LogP contribution in [-0.2, 0) is 39.3 Å². The third-order valence-electron chi connectivity index (χ3n) is 0.938. The van der Waals surface area contributed by atoms with Crippen molar-refractivity contribution in [2.75, 3.05) is 0 Å². The molecular formula is C7H5N2Y-. The van der Waals surface area contributed by atoms with E-state index in [0.717, 1.165) is 5.56 Å². The van der Waals surface area contributed by atoms with Crippen molar-refractivity contribution in [2.24, 2.45) is 0 Å². The van der Waals surface area contributed by atoms with Crippen LogP contribution in [0.1, 0.15) is 5.56 Å². The Labute approximate surface area is 85.4 Å². The van der Waals surface area contributed by atoms with Crippen molar-refractivity contribution in [1.82, 2.24) is 4.98 Å². The van der Waals surface area contributed by atoms with Crippen LogP contribution < -0.4 is 0 Å². The summed E-state index contributed by atoms with van der Waals surface area (Å²) >= 11 is 0. The topological polar surface area (TPSA) is 17.2 Å². The Balaban J connectivity index is 0.000000810. The minimum Gasteiger partial charge on any atom is -0.394 e. The van der Waals surface area contributed by atoms with Gasteiger partial charge < -0.3 is 9.83 Å². The molecule has 0 aliphatic carbocycles. The van der Waals surface area contributed by atoms with Crippen LogP contribution in [0.2, 0.25) is 0 Å². The summed E-state index contributed by atoms with van der Waals surface area (Å²) in [5.74, 6) is 0. The minimum atomic E-state index is 0. The second kappa shape index (κ2) is 5.52. The molecule has 0 aliphatic heterocycles. The zero-order valence-electron chi connectivity index (χ0n) is 5.41. The van der Waals surface area contributed by atoms with Gasteiger partial charge in [-0.1, -0.05) is 18.0 Å². The number of pyridine rings is 1. The maximum atomic E-state index is 6.53. The summed E-state index contributed by atoms with van der Waals surface area (Å²) in [6.45, 7) is 6.95. The normalized spacial score (nSPS) is 7.50. The third kappa shape index (κ3) is 3.05. The van der Waals surface area contributed by atoms with Crippen molar-refractivity contribution in [2.45, 2.75) is 6.54 Å². The zero-order valence-corrected chi connectivity index (χ0v) is 8.25. The first kappa shape index (κ1) is 9.74. The average Bonchev–Trinajstić information content (AvgIpc) is 1.91. The Morgan fingerprint density at radius 1 is 1.70 bits per heavy atom. The molecular weight excluding hydrogens is 201 g/mol. The van der Waals surface area contributed by atoms with Crippen molar-refractivity contribution in [1.29, 1.82) is 0 Å². The first-order valence-corrected chi connectivity index (χ1v) is 2.57. The number of aromatic nitrogens is 1. The van der Waals surface area contributed by atoms with Crippen molar-refractivity contribution < 1.29 is 32.7 Å². The van der Waals surface area contributed by atoms with E-state index in [1.54, 1.807) is 12.3 Å². The van der Waals surface area contributed by atoms with E-state index >= 15 is 0 Å². The molecule has 0 fully saturated rings. The molecule has 1 aromatic rings. The first-order valence-electron chi connectivity index (χ1n) is 2.57. The molecule has 1 radical (unpaired) electrons. The maximum Gasteiger partial charge on any atom is 0.219 e. The van der Waals surface area contributed by atoms with E-state index in [1.165, 1.54) is 0 Å². The fraction of sp³-hybridized carbons (Fsp3) is 0.143. The van der Waals surface area contributed by atoms with Crippen molar-refractivity contribution >= 4 is 0 Å². The summed E-state index contributed by atoms with van der Waals surface area (Å²) in [6, 6.07) is 3.55. The van der Waals surface area contributed by atoms with Gasteiger partial charge in [0.1, 0.15) is 0 Å². The van der Waals surface area contributed by atoms with Gasteiger partial charge >= 0.3 is 0 Å². The second-order valence-electron chi connectivity index (χ2n) is 1.61. The second-order valence-corrected chi connectivity index (χ2v) is 1.61. The Morgan fingerprint density at radius 3 is 3.00 bits per heavy atom. The van der Waals surface area contributed by atoms with E-state index in [1.807, 2.05) is 6.07 Å². The quantitative estimate of drug-likeness (QED) is 0.633. The Morgan fingerprint density at radius 2 is 2.50 bits per heavy atom. The Bertz CT molecular complexity index is 215. The first-order chi connectivity index (χ1) is 4.43. The monoisotopic (exact) mass is 206 g/mol. The van der Waals surface area contributed by atoms with Crippen LogP contribution in [-0.4, -0.2) is 4.98 Å². The standard InChI is InChI=1S/C7H5N2.Y/c1-8-5-7-3-2-4-9-6-7;/h2-3,6H,5H2;/q-1;. The molecule has 0 aliphatic rings. The smallest absolute Gasteiger partial charge is 0.219 e. The summed E-state index contributed by atoms with van der Waals surface area (Å²) in [4.78, 5) is 6.94. The van der Waals surface area contributed by atoms with Crippen LogP contribution in [0.25, 0.3) is 4.85 Å². The minimum absolute atomic E-state index is 0. The molecule has 0 saturated heterocycles. The predicted octanol–water partition coefficient (Wildman–Crippen LogP) is 1.30. The van der Waals surface area contributed by atoms with Gasteiger partial charge in [0.25, 0.3) is 0 Å².